The van der Waals surface area contributed by atoms with Gasteiger partial charge in [-0.25, -0.2) is 8.42 Å². The van der Waals surface area contributed by atoms with E-state index in [2.05, 4.69) is 10.0 Å². The first-order valence-electron chi connectivity index (χ1n) is 9.55. The van der Waals surface area contributed by atoms with Crippen LogP contribution in [0.3, 0.4) is 0 Å². The molecule has 0 aliphatic heterocycles. The van der Waals surface area contributed by atoms with Crippen LogP contribution in [0.15, 0.2) is 77.7 Å². The lowest BCUT2D eigenvalue weighted by Crippen LogP contribution is -2.28. The summed E-state index contributed by atoms with van der Waals surface area (Å²) < 4.78 is 27.7. The molecule has 0 spiro atoms. The Morgan fingerprint density at radius 2 is 1.67 bits per heavy atom. The van der Waals surface area contributed by atoms with Crippen LogP contribution in [0.2, 0.25) is 5.02 Å². The van der Waals surface area contributed by atoms with Gasteiger partial charge < -0.3 is 5.32 Å². The number of hydrogen-bond donors (Lipinski definition) is 2. The average Bonchev–Trinajstić information content (AvgIpc) is 2.74. The minimum Gasteiger partial charge on any atom is -0.345 e. The minimum absolute atomic E-state index is 0.0953. The normalized spacial score (nSPS) is 12.2. The number of hydrogen-bond acceptors (Lipinski definition) is 3. The molecule has 0 aliphatic rings. The van der Waals surface area contributed by atoms with E-state index in [9.17, 15) is 13.2 Å². The SMILES string of the molecule is CC[C@@H](NC(=O)c1ccc(NS(=O)(=O)c2ccc(Cl)cc2)c(C)c1)c1ccccc1. The van der Waals surface area contributed by atoms with Crippen molar-refractivity contribution >= 4 is 33.2 Å². The van der Waals surface area contributed by atoms with E-state index >= 15 is 0 Å². The van der Waals surface area contributed by atoms with Crippen molar-refractivity contribution in [3.8, 4) is 0 Å². The average molecular weight is 443 g/mol. The maximum Gasteiger partial charge on any atom is 0.261 e. The highest BCUT2D eigenvalue weighted by Gasteiger charge is 2.18. The number of nitrogens with one attached hydrogen (secondary N) is 2. The molecule has 1 atom stereocenters. The van der Waals surface area contributed by atoms with Crippen molar-refractivity contribution in [2.24, 2.45) is 0 Å². The zero-order valence-corrected chi connectivity index (χ0v) is 18.3. The molecular weight excluding hydrogens is 420 g/mol. The predicted molar refractivity (Wildman–Crippen MR) is 120 cm³/mol. The molecule has 0 aromatic heterocycles. The van der Waals surface area contributed by atoms with Gasteiger partial charge in [-0.1, -0.05) is 48.9 Å². The molecule has 156 valence electrons. The van der Waals surface area contributed by atoms with E-state index in [0.29, 0.717) is 21.8 Å². The molecular formula is C23H23ClN2O3S. The number of carbonyl (C=O) groups is 1. The fourth-order valence-electron chi connectivity index (χ4n) is 3.08. The monoisotopic (exact) mass is 442 g/mol. The molecule has 0 saturated heterocycles. The van der Waals surface area contributed by atoms with Crippen molar-refractivity contribution in [1.82, 2.24) is 5.32 Å². The first-order valence-corrected chi connectivity index (χ1v) is 11.4. The van der Waals surface area contributed by atoms with Crippen LogP contribution < -0.4 is 10.0 Å². The van der Waals surface area contributed by atoms with Crippen molar-refractivity contribution in [1.29, 1.82) is 0 Å². The summed E-state index contributed by atoms with van der Waals surface area (Å²) >= 11 is 5.83. The van der Waals surface area contributed by atoms with Crippen LogP contribution in [0, 0.1) is 6.92 Å². The van der Waals surface area contributed by atoms with Crippen molar-refractivity contribution in [3.63, 3.8) is 0 Å². The molecule has 0 aliphatic carbocycles. The summed E-state index contributed by atoms with van der Waals surface area (Å²) in [6.07, 6.45) is 0.758. The Balaban J connectivity index is 1.76. The lowest BCUT2D eigenvalue weighted by molar-refractivity contribution is 0.0935. The molecule has 3 rings (SSSR count). The van der Waals surface area contributed by atoms with Gasteiger partial charge in [0.25, 0.3) is 15.9 Å². The van der Waals surface area contributed by atoms with E-state index in [1.54, 1.807) is 25.1 Å². The van der Waals surface area contributed by atoms with Crippen LogP contribution in [-0.4, -0.2) is 14.3 Å². The summed E-state index contributed by atoms with van der Waals surface area (Å²) in [4.78, 5) is 12.8. The van der Waals surface area contributed by atoms with E-state index < -0.39 is 10.0 Å². The van der Waals surface area contributed by atoms with Crippen molar-refractivity contribution < 1.29 is 13.2 Å². The molecule has 2 N–H and O–H groups in total. The van der Waals surface area contributed by atoms with Gasteiger partial charge in [0.05, 0.1) is 16.6 Å². The lowest BCUT2D eigenvalue weighted by atomic mass is 10.0. The molecule has 3 aromatic carbocycles. The Bertz CT molecular complexity index is 1130. The third-order valence-corrected chi connectivity index (χ3v) is 6.41. The van der Waals surface area contributed by atoms with E-state index in [-0.39, 0.29) is 16.8 Å². The molecule has 0 heterocycles. The quantitative estimate of drug-likeness (QED) is 0.519. The number of anilines is 1. The fraction of sp³-hybridized carbons (Fsp3) is 0.174. The Morgan fingerprint density at radius 1 is 1.00 bits per heavy atom. The Labute approximate surface area is 182 Å². The minimum atomic E-state index is -3.75. The molecule has 0 saturated carbocycles. The molecule has 5 nitrogen and oxygen atoms in total. The second-order valence-electron chi connectivity index (χ2n) is 6.93. The van der Waals surface area contributed by atoms with E-state index in [4.69, 9.17) is 11.6 Å². The van der Waals surface area contributed by atoms with Crippen molar-refractivity contribution in [3.05, 3.63) is 94.5 Å². The highest BCUT2D eigenvalue weighted by molar-refractivity contribution is 7.92. The maximum atomic E-state index is 12.7. The molecule has 0 radical (unpaired) electrons. The van der Waals surface area contributed by atoms with E-state index in [1.807, 2.05) is 37.3 Å². The van der Waals surface area contributed by atoms with Gasteiger partial charge in [-0.15, -0.1) is 0 Å². The molecule has 1 amide bonds. The Hall–Kier alpha value is -2.83. The second-order valence-corrected chi connectivity index (χ2v) is 9.05. The summed E-state index contributed by atoms with van der Waals surface area (Å²) in [6, 6.07) is 20.5. The van der Waals surface area contributed by atoms with E-state index in [0.717, 1.165) is 12.0 Å². The summed E-state index contributed by atoms with van der Waals surface area (Å²) in [5.41, 5.74) is 2.57. The van der Waals surface area contributed by atoms with Crippen molar-refractivity contribution in [2.45, 2.75) is 31.2 Å². The number of carbonyl (C=O) groups excluding carboxylic acids is 1. The molecule has 3 aromatic rings. The van der Waals surface area contributed by atoms with Crippen LogP contribution in [-0.2, 0) is 10.0 Å². The first kappa shape index (κ1) is 21.9. The number of benzene rings is 3. The number of halogens is 1. The third-order valence-electron chi connectivity index (χ3n) is 4.77. The maximum absolute atomic E-state index is 12.7. The van der Waals surface area contributed by atoms with Crippen LogP contribution in [0.1, 0.15) is 40.9 Å². The molecule has 0 bridgehead atoms. The van der Waals surface area contributed by atoms with Gasteiger partial charge in [-0.2, -0.15) is 0 Å². The molecule has 7 heteroatoms. The second kappa shape index (κ2) is 9.32. The zero-order chi connectivity index (χ0) is 21.7. The van der Waals surface area contributed by atoms with Crippen LogP contribution >= 0.6 is 11.6 Å². The summed E-state index contributed by atoms with van der Waals surface area (Å²) in [6.45, 7) is 3.77. The fourth-order valence-corrected chi connectivity index (χ4v) is 4.34. The first-order chi connectivity index (χ1) is 14.3. The zero-order valence-electron chi connectivity index (χ0n) is 16.7. The third kappa shape index (κ3) is 5.20. The predicted octanol–water partition coefficient (Wildman–Crippen LogP) is 5.33. The van der Waals surface area contributed by atoms with Gasteiger partial charge >= 0.3 is 0 Å². The lowest BCUT2D eigenvalue weighted by Gasteiger charge is -2.18. The Kier molecular flexibility index (Phi) is 6.80. The summed E-state index contributed by atoms with van der Waals surface area (Å²) in [7, 11) is -3.75. The summed E-state index contributed by atoms with van der Waals surface area (Å²) in [5, 5.41) is 3.49. The van der Waals surface area contributed by atoms with Crippen LogP contribution in [0.25, 0.3) is 0 Å². The highest BCUT2D eigenvalue weighted by Crippen LogP contribution is 2.23. The van der Waals surface area contributed by atoms with Gasteiger partial charge in [0.15, 0.2) is 0 Å². The Morgan fingerprint density at radius 3 is 2.27 bits per heavy atom. The topological polar surface area (TPSA) is 75.3 Å². The standard InChI is InChI=1S/C23H23ClN2O3S/c1-3-21(17-7-5-4-6-8-17)25-23(27)18-9-14-22(16(2)15-18)26-30(28,29)20-12-10-19(24)11-13-20/h4-15,21,26H,3H2,1-2H3,(H,25,27)/t21-/m1/s1. The number of rotatable bonds is 7. The largest absolute Gasteiger partial charge is 0.345 e. The van der Waals surface area contributed by atoms with Gasteiger partial charge in [-0.05, 0) is 66.9 Å². The summed E-state index contributed by atoms with van der Waals surface area (Å²) in [5.74, 6) is -0.207. The smallest absolute Gasteiger partial charge is 0.261 e. The number of sulfonamides is 1. The molecule has 30 heavy (non-hydrogen) atoms. The molecule has 0 unspecified atom stereocenters. The molecule has 0 fully saturated rings. The number of amides is 1. The van der Waals surface area contributed by atoms with Gasteiger partial charge in [0, 0.05) is 10.6 Å². The highest BCUT2D eigenvalue weighted by atomic mass is 35.5. The van der Waals surface area contributed by atoms with Crippen LogP contribution in [0.4, 0.5) is 5.69 Å². The van der Waals surface area contributed by atoms with Crippen molar-refractivity contribution in [2.75, 3.05) is 4.72 Å². The van der Waals surface area contributed by atoms with Gasteiger partial charge in [0.2, 0.25) is 0 Å². The number of aryl methyl sites for hydroxylation is 1. The van der Waals surface area contributed by atoms with Crippen LogP contribution in [0.5, 0.6) is 0 Å². The van der Waals surface area contributed by atoms with Gasteiger partial charge in [0.1, 0.15) is 0 Å². The van der Waals surface area contributed by atoms with Gasteiger partial charge in [-0.3, -0.25) is 9.52 Å². The van der Waals surface area contributed by atoms with E-state index in [1.165, 1.54) is 24.3 Å².